The zero-order chi connectivity index (χ0) is 32.0. The molecule has 44 heavy (non-hydrogen) atoms. The standard InChI is InChI=1S/C41H86N2O/c1-4-7-10-13-16-19-22-25-28-31-35-42(36-32-29-26-23-20-17-14-11-8-5-2)38-34-39-43(40-41-44)37-33-30-27-24-21-18-15-12-9-6-3/h44H,4-41H2,1-3H3. The van der Waals surface area contributed by atoms with Gasteiger partial charge >= 0.3 is 0 Å². The summed E-state index contributed by atoms with van der Waals surface area (Å²) in [6.07, 6.45) is 43.7. The van der Waals surface area contributed by atoms with Gasteiger partial charge in [0.05, 0.1) is 6.61 Å². The van der Waals surface area contributed by atoms with Gasteiger partial charge in [-0.2, -0.15) is 0 Å². The van der Waals surface area contributed by atoms with Gasteiger partial charge in [-0.3, -0.25) is 0 Å². The predicted molar refractivity (Wildman–Crippen MR) is 200 cm³/mol. The molecule has 0 bridgehead atoms. The van der Waals surface area contributed by atoms with E-state index in [2.05, 4.69) is 30.6 Å². The summed E-state index contributed by atoms with van der Waals surface area (Å²) < 4.78 is 0. The third-order valence-electron chi connectivity index (χ3n) is 9.85. The Morgan fingerprint density at radius 1 is 0.250 bits per heavy atom. The van der Waals surface area contributed by atoms with Crippen LogP contribution in [-0.4, -0.2) is 60.8 Å². The topological polar surface area (TPSA) is 26.7 Å². The van der Waals surface area contributed by atoms with Gasteiger partial charge in [-0.1, -0.05) is 194 Å². The van der Waals surface area contributed by atoms with Gasteiger partial charge in [0.15, 0.2) is 0 Å². The van der Waals surface area contributed by atoms with Crippen LogP contribution in [0.1, 0.15) is 220 Å². The molecule has 0 unspecified atom stereocenters. The van der Waals surface area contributed by atoms with Gasteiger partial charge in [0.25, 0.3) is 0 Å². The third-order valence-corrected chi connectivity index (χ3v) is 9.85. The van der Waals surface area contributed by atoms with Gasteiger partial charge in [0.1, 0.15) is 0 Å². The molecule has 3 nitrogen and oxygen atoms in total. The molecule has 3 heteroatoms. The predicted octanol–water partition coefficient (Wildman–Crippen LogP) is 12.7. The first-order chi connectivity index (χ1) is 21.8. The molecule has 0 aliphatic rings. The maximum atomic E-state index is 9.67. The van der Waals surface area contributed by atoms with Gasteiger partial charge < -0.3 is 14.9 Å². The zero-order valence-corrected chi connectivity index (χ0v) is 31.2. The summed E-state index contributed by atoms with van der Waals surface area (Å²) >= 11 is 0. The second-order valence-corrected chi connectivity index (χ2v) is 14.3. The molecule has 0 spiro atoms. The van der Waals surface area contributed by atoms with Crippen LogP contribution < -0.4 is 0 Å². The van der Waals surface area contributed by atoms with E-state index in [0.29, 0.717) is 6.61 Å². The second kappa shape index (κ2) is 39.1. The van der Waals surface area contributed by atoms with Crippen LogP contribution in [0.5, 0.6) is 0 Å². The highest BCUT2D eigenvalue weighted by Crippen LogP contribution is 2.14. The quantitative estimate of drug-likeness (QED) is 0.0691. The summed E-state index contributed by atoms with van der Waals surface area (Å²) in [6, 6.07) is 0. The summed E-state index contributed by atoms with van der Waals surface area (Å²) in [5.74, 6) is 0. The fourth-order valence-corrected chi connectivity index (χ4v) is 6.80. The Bertz CT molecular complexity index is 475. The Morgan fingerprint density at radius 3 is 0.705 bits per heavy atom. The van der Waals surface area contributed by atoms with E-state index in [1.807, 2.05) is 0 Å². The van der Waals surface area contributed by atoms with Gasteiger partial charge in [-0.05, 0) is 58.4 Å². The van der Waals surface area contributed by atoms with E-state index in [-0.39, 0.29) is 0 Å². The molecule has 266 valence electrons. The van der Waals surface area contributed by atoms with Crippen LogP contribution in [0.2, 0.25) is 0 Å². The first-order valence-corrected chi connectivity index (χ1v) is 20.8. The molecule has 0 heterocycles. The Hall–Kier alpha value is -0.120. The van der Waals surface area contributed by atoms with Crippen molar-refractivity contribution in [1.29, 1.82) is 0 Å². The number of unbranched alkanes of at least 4 members (excludes halogenated alkanes) is 27. The van der Waals surface area contributed by atoms with Crippen molar-refractivity contribution in [3.8, 4) is 0 Å². The maximum absolute atomic E-state index is 9.67. The summed E-state index contributed by atoms with van der Waals surface area (Å²) in [7, 11) is 0. The van der Waals surface area contributed by atoms with Crippen molar-refractivity contribution < 1.29 is 5.11 Å². The molecule has 0 atom stereocenters. The lowest BCUT2D eigenvalue weighted by Crippen LogP contribution is -2.33. The minimum Gasteiger partial charge on any atom is -0.395 e. The Morgan fingerprint density at radius 2 is 0.455 bits per heavy atom. The lowest BCUT2D eigenvalue weighted by Gasteiger charge is -2.26. The molecule has 0 aliphatic carbocycles. The summed E-state index contributed by atoms with van der Waals surface area (Å²) in [6.45, 7) is 14.3. The average molecular weight is 623 g/mol. The molecule has 0 saturated carbocycles. The number of aliphatic hydroxyl groups excluding tert-OH is 1. The molecule has 0 aromatic rings. The van der Waals surface area contributed by atoms with Crippen molar-refractivity contribution in [3.63, 3.8) is 0 Å². The molecule has 0 saturated heterocycles. The highest BCUT2D eigenvalue weighted by molar-refractivity contribution is 4.64. The van der Waals surface area contributed by atoms with E-state index in [1.165, 1.54) is 225 Å². The first-order valence-electron chi connectivity index (χ1n) is 20.8. The molecular formula is C41H86N2O. The number of aliphatic hydroxyl groups is 1. The third kappa shape index (κ3) is 34.7. The molecule has 0 rings (SSSR count). The van der Waals surface area contributed by atoms with E-state index in [4.69, 9.17) is 0 Å². The van der Waals surface area contributed by atoms with E-state index >= 15 is 0 Å². The van der Waals surface area contributed by atoms with E-state index < -0.39 is 0 Å². The van der Waals surface area contributed by atoms with Crippen molar-refractivity contribution in [2.24, 2.45) is 0 Å². The Kier molecular flexibility index (Phi) is 39.0. The fraction of sp³-hybridized carbons (Fsp3) is 1.00. The zero-order valence-electron chi connectivity index (χ0n) is 31.2. The van der Waals surface area contributed by atoms with Crippen molar-refractivity contribution in [1.82, 2.24) is 9.80 Å². The van der Waals surface area contributed by atoms with E-state index in [0.717, 1.165) is 13.1 Å². The van der Waals surface area contributed by atoms with Crippen molar-refractivity contribution in [3.05, 3.63) is 0 Å². The number of nitrogens with zero attached hydrogens (tertiary/aromatic N) is 2. The summed E-state index contributed by atoms with van der Waals surface area (Å²) in [5, 5.41) is 9.67. The SMILES string of the molecule is CCCCCCCCCCCCN(CCO)CCCN(CCCCCCCCCCCC)CCCCCCCCCCCC. The van der Waals surface area contributed by atoms with Crippen LogP contribution in [0, 0.1) is 0 Å². The van der Waals surface area contributed by atoms with Crippen LogP contribution in [0.4, 0.5) is 0 Å². The van der Waals surface area contributed by atoms with Gasteiger partial charge in [-0.15, -0.1) is 0 Å². The van der Waals surface area contributed by atoms with Crippen molar-refractivity contribution in [2.75, 3.05) is 45.9 Å². The lowest BCUT2D eigenvalue weighted by molar-refractivity contribution is 0.179. The Balaban J connectivity index is 4.22. The number of rotatable bonds is 39. The van der Waals surface area contributed by atoms with Crippen molar-refractivity contribution >= 4 is 0 Å². The number of hydrogen-bond donors (Lipinski definition) is 1. The van der Waals surface area contributed by atoms with Crippen LogP contribution in [0.15, 0.2) is 0 Å². The number of hydrogen-bond acceptors (Lipinski definition) is 3. The second-order valence-electron chi connectivity index (χ2n) is 14.3. The molecule has 0 radical (unpaired) electrons. The summed E-state index contributed by atoms with van der Waals surface area (Å²) in [5.41, 5.74) is 0. The van der Waals surface area contributed by atoms with E-state index in [1.54, 1.807) is 0 Å². The molecule has 0 amide bonds. The minimum absolute atomic E-state index is 0.304. The highest BCUT2D eigenvalue weighted by Gasteiger charge is 2.09. The summed E-state index contributed by atoms with van der Waals surface area (Å²) in [4.78, 5) is 5.34. The lowest BCUT2D eigenvalue weighted by atomic mass is 10.1. The normalized spacial score (nSPS) is 11.9. The van der Waals surface area contributed by atoms with Gasteiger partial charge in [0.2, 0.25) is 0 Å². The first kappa shape index (κ1) is 43.9. The molecule has 0 aromatic carbocycles. The van der Waals surface area contributed by atoms with Crippen LogP contribution >= 0.6 is 0 Å². The largest absolute Gasteiger partial charge is 0.395 e. The molecular weight excluding hydrogens is 536 g/mol. The van der Waals surface area contributed by atoms with Crippen LogP contribution in [0.3, 0.4) is 0 Å². The highest BCUT2D eigenvalue weighted by atomic mass is 16.3. The van der Waals surface area contributed by atoms with Gasteiger partial charge in [0, 0.05) is 6.54 Å². The fourth-order valence-electron chi connectivity index (χ4n) is 6.80. The average Bonchev–Trinajstić information content (AvgIpc) is 3.03. The van der Waals surface area contributed by atoms with E-state index in [9.17, 15) is 5.11 Å². The van der Waals surface area contributed by atoms with Crippen LogP contribution in [-0.2, 0) is 0 Å². The van der Waals surface area contributed by atoms with Gasteiger partial charge in [-0.25, -0.2) is 0 Å². The Labute approximate surface area is 280 Å². The van der Waals surface area contributed by atoms with Crippen molar-refractivity contribution in [2.45, 2.75) is 220 Å². The maximum Gasteiger partial charge on any atom is 0.0558 e. The molecule has 0 aliphatic heterocycles. The molecule has 0 fully saturated rings. The molecule has 1 N–H and O–H groups in total. The smallest absolute Gasteiger partial charge is 0.0558 e. The van der Waals surface area contributed by atoms with Crippen LogP contribution in [0.25, 0.3) is 0 Å². The monoisotopic (exact) mass is 623 g/mol. The molecule has 0 aromatic heterocycles. The minimum atomic E-state index is 0.304.